The van der Waals surface area contributed by atoms with E-state index in [4.69, 9.17) is 28.3 Å². The molecule has 2 heterocycles. The van der Waals surface area contributed by atoms with E-state index in [0.29, 0.717) is 21.4 Å². The molecule has 2 atom stereocenters. The van der Waals surface area contributed by atoms with Crippen LogP contribution in [0, 0.1) is 5.92 Å². The first-order valence-electron chi connectivity index (χ1n) is 11.8. The van der Waals surface area contributed by atoms with Crippen LogP contribution in [0.3, 0.4) is 0 Å². The molecule has 1 N–H and O–H groups in total. The minimum absolute atomic E-state index is 0.240. The Kier molecular flexibility index (Phi) is 7.76. The van der Waals surface area contributed by atoms with Crippen LogP contribution < -0.4 is 10.4 Å². The van der Waals surface area contributed by atoms with Gasteiger partial charge in [-0.15, -0.1) is 0 Å². The third-order valence-electron chi connectivity index (χ3n) is 6.56. The van der Waals surface area contributed by atoms with Crippen LogP contribution in [-0.4, -0.2) is 43.4 Å². The zero-order valence-electron chi connectivity index (χ0n) is 20.0. The maximum Gasteiger partial charge on any atom is 0.282 e. The molecule has 0 radical (unpaired) electrons. The van der Waals surface area contributed by atoms with Crippen LogP contribution in [-0.2, 0) is 14.6 Å². The van der Waals surface area contributed by atoms with Gasteiger partial charge < -0.3 is 0 Å². The number of hydrogen-bond donors (Lipinski definition) is 1. The monoisotopic (exact) mass is 536 g/mol. The van der Waals surface area contributed by atoms with E-state index in [1.165, 1.54) is 0 Å². The number of sulfone groups is 1. The van der Waals surface area contributed by atoms with Crippen LogP contribution in [0.15, 0.2) is 52.5 Å². The Hall–Kier alpha value is -2.13. The lowest BCUT2D eigenvalue weighted by molar-refractivity contribution is -0.120. The van der Waals surface area contributed by atoms with Crippen molar-refractivity contribution in [1.29, 1.82) is 0 Å². The molecule has 1 fully saturated rings. The summed E-state index contributed by atoms with van der Waals surface area (Å²) in [6, 6.07) is 11.6. The summed E-state index contributed by atoms with van der Waals surface area (Å²) in [6.07, 6.45) is 3.25. The van der Waals surface area contributed by atoms with Gasteiger partial charge in [-0.3, -0.25) is 15.2 Å². The number of nitrogens with one attached hydrogen (secondary N) is 1. The summed E-state index contributed by atoms with van der Waals surface area (Å²) in [5.74, 6) is -0.518. The number of hydrazone groups is 1. The molecule has 1 saturated heterocycles. The number of amides is 1. The maximum absolute atomic E-state index is 13.2. The SMILES string of the molecule is CC(C)S(=O)(=O)c1ccc([C@H]2[C@@H](C)C(C(=O)NN3CCCCC3)=NN2c2ccc(Cl)cc2Cl)cc1. The number of carbonyl (C=O) groups is 1. The van der Waals surface area contributed by atoms with Crippen molar-refractivity contribution in [2.75, 3.05) is 18.1 Å². The Bertz CT molecular complexity index is 1230. The van der Waals surface area contributed by atoms with Crippen molar-refractivity contribution < 1.29 is 13.2 Å². The number of benzene rings is 2. The van der Waals surface area contributed by atoms with Gasteiger partial charge in [0.1, 0.15) is 5.71 Å². The standard InChI is InChI=1S/C25H30Cl2N4O3S/c1-16(2)35(33,34)20-10-7-18(8-11-20)24-17(3)23(25(32)29-30-13-5-4-6-14-30)28-31(24)22-12-9-19(26)15-21(22)27/h7-12,15-17,24H,4-6,13-14H2,1-3H3,(H,29,32)/t17-,24+/m0/s1. The predicted molar refractivity (Wildman–Crippen MR) is 141 cm³/mol. The number of halogens is 2. The summed E-state index contributed by atoms with van der Waals surface area (Å²) in [6.45, 7) is 6.90. The quantitative estimate of drug-likeness (QED) is 0.545. The van der Waals surface area contributed by atoms with E-state index in [1.807, 2.05) is 11.9 Å². The molecular weight excluding hydrogens is 507 g/mol. The number of carbonyl (C=O) groups excluding carboxylic acids is 1. The summed E-state index contributed by atoms with van der Waals surface area (Å²) in [5.41, 5.74) is 4.85. The normalized spacial score (nSPS) is 21.3. The van der Waals surface area contributed by atoms with Gasteiger partial charge in [0.25, 0.3) is 5.91 Å². The van der Waals surface area contributed by atoms with Crippen molar-refractivity contribution in [3.8, 4) is 0 Å². The molecule has 0 unspecified atom stereocenters. The van der Waals surface area contributed by atoms with Gasteiger partial charge >= 0.3 is 0 Å². The van der Waals surface area contributed by atoms with Gasteiger partial charge in [0.15, 0.2) is 9.84 Å². The molecule has 1 amide bonds. The fourth-order valence-electron chi connectivity index (χ4n) is 4.52. The highest BCUT2D eigenvalue weighted by molar-refractivity contribution is 7.92. The van der Waals surface area contributed by atoms with Gasteiger partial charge in [0.05, 0.1) is 26.9 Å². The van der Waals surface area contributed by atoms with Crippen molar-refractivity contribution in [3.63, 3.8) is 0 Å². The Labute approximate surface area is 217 Å². The van der Waals surface area contributed by atoms with E-state index < -0.39 is 15.1 Å². The summed E-state index contributed by atoms with van der Waals surface area (Å²) in [4.78, 5) is 13.5. The molecule has 0 saturated carbocycles. The number of anilines is 1. The van der Waals surface area contributed by atoms with Gasteiger partial charge in [-0.2, -0.15) is 5.10 Å². The summed E-state index contributed by atoms with van der Waals surface area (Å²) in [7, 11) is -3.40. The van der Waals surface area contributed by atoms with Crippen molar-refractivity contribution >= 4 is 50.3 Å². The highest BCUT2D eigenvalue weighted by Gasteiger charge is 2.40. The molecule has 35 heavy (non-hydrogen) atoms. The third kappa shape index (κ3) is 5.35. The third-order valence-corrected chi connectivity index (χ3v) is 9.27. The number of rotatable bonds is 6. The largest absolute Gasteiger partial charge is 0.284 e. The summed E-state index contributed by atoms with van der Waals surface area (Å²) in [5, 5.41) is 8.79. The number of nitrogens with zero attached hydrogens (tertiary/aromatic N) is 3. The molecule has 2 aliphatic heterocycles. The zero-order chi connectivity index (χ0) is 25.3. The van der Waals surface area contributed by atoms with Crippen LogP contribution in [0.1, 0.15) is 51.6 Å². The Morgan fingerprint density at radius 1 is 1.06 bits per heavy atom. The van der Waals surface area contributed by atoms with Crippen LogP contribution in [0.2, 0.25) is 10.0 Å². The highest BCUT2D eigenvalue weighted by atomic mass is 35.5. The molecule has 2 aliphatic rings. The van der Waals surface area contributed by atoms with Gasteiger partial charge in [-0.05, 0) is 62.6 Å². The molecule has 2 aromatic rings. The van der Waals surface area contributed by atoms with E-state index in [-0.39, 0.29) is 22.8 Å². The topological polar surface area (TPSA) is 82.1 Å². The van der Waals surface area contributed by atoms with Crippen molar-refractivity contribution in [1.82, 2.24) is 10.4 Å². The lowest BCUT2D eigenvalue weighted by atomic mass is 9.91. The lowest BCUT2D eigenvalue weighted by Gasteiger charge is -2.28. The summed E-state index contributed by atoms with van der Waals surface area (Å²) < 4.78 is 25.2. The first kappa shape index (κ1) is 25.9. The average molecular weight is 538 g/mol. The Morgan fingerprint density at radius 3 is 2.31 bits per heavy atom. The first-order chi connectivity index (χ1) is 16.6. The average Bonchev–Trinajstić information content (AvgIpc) is 3.16. The van der Waals surface area contributed by atoms with E-state index in [9.17, 15) is 13.2 Å². The molecular formula is C25H30Cl2N4O3S. The van der Waals surface area contributed by atoms with Gasteiger partial charge in [0, 0.05) is 24.0 Å². The maximum atomic E-state index is 13.2. The van der Waals surface area contributed by atoms with Gasteiger partial charge in [-0.1, -0.05) is 48.7 Å². The lowest BCUT2D eigenvalue weighted by Crippen LogP contribution is -2.48. The van der Waals surface area contributed by atoms with E-state index in [0.717, 1.165) is 37.9 Å². The molecule has 7 nitrogen and oxygen atoms in total. The molecule has 0 bridgehead atoms. The fourth-order valence-corrected chi connectivity index (χ4v) is 6.07. The fraction of sp³-hybridized carbons (Fsp3) is 0.440. The Morgan fingerprint density at radius 2 is 1.71 bits per heavy atom. The second-order valence-corrected chi connectivity index (χ2v) is 12.7. The van der Waals surface area contributed by atoms with Gasteiger partial charge in [0.2, 0.25) is 0 Å². The van der Waals surface area contributed by atoms with Crippen molar-refractivity contribution in [2.24, 2.45) is 11.0 Å². The van der Waals surface area contributed by atoms with Crippen molar-refractivity contribution in [2.45, 2.75) is 56.2 Å². The van der Waals surface area contributed by atoms with E-state index in [1.54, 1.807) is 61.3 Å². The molecule has 4 rings (SSSR count). The smallest absolute Gasteiger partial charge is 0.282 e. The molecule has 0 spiro atoms. The minimum atomic E-state index is -3.40. The summed E-state index contributed by atoms with van der Waals surface area (Å²) >= 11 is 12.6. The molecule has 188 valence electrons. The number of hydrogen-bond acceptors (Lipinski definition) is 6. The Balaban J connectivity index is 1.69. The van der Waals surface area contributed by atoms with Gasteiger partial charge in [-0.25, -0.2) is 13.4 Å². The van der Waals surface area contributed by atoms with Crippen LogP contribution in [0.4, 0.5) is 5.69 Å². The van der Waals surface area contributed by atoms with Crippen LogP contribution in [0.5, 0.6) is 0 Å². The molecule has 2 aromatic carbocycles. The predicted octanol–water partition coefficient (Wildman–Crippen LogP) is 5.25. The van der Waals surface area contributed by atoms with Crippen molar-refractivity contribution in [3.05, 3.63) is 58.1 Å². The van der Waals surface area contributed by atoms with E-state index >= 15 is 0 Å². The van der Waals surface area contributed by atoms with E-state index in [2.05, 4.69) is 5.43 Å². The highest BCUT2D eigenvalue weighted by Crippen LogP contribution is 2.42. The second-order valence-electron chi connectivity index (χ2n) is 9.31. The molecule has 0 aromatic heterocycles. The second kappa shape index (κ2) is 10.5. The van der Waals surface area contributed by atoms with Crippen LogP contribution >= 0.6 is 23.2 Å². The molecule has 10 heteroatoms. The van der Waals surface area contributed by atoms with Crippen LogP contribution in [0.25, 0.3) is 0 Å². The molecule has 0 aliphatic carbocycles. The number of piperidine rings is 1. The first-order valence-corrected chi connectivity index (χ1v) is 14.1. The minimum Gasteiger partial charge on any atom is -0.284 e. The number of hydrazine groups is 1. The zero-order valence-corrected chi connectivity index (χ0v) is 22.4.